The van der Waals surface area contributed by atoms with Crippen LogP contribution in [0, 0.1) is 5.92 Å². The lowest BCUT2D eigenvalue weighted by atomic mass is 9.83. The number of esters is 1. The van der Waals surface area contributed by atoms with Gasteiger partial charge in [0.1, 0.15) is 5.60 Å². The number of nitrogens with one attached hydrogen (secondary N) is 1. The Labute approximate surface area is 249 Å². The Kier molecular flexibility index (Phi) is 10.8. The highest BCUT2D eigenvalue weighted by atomic mass is 16.6. The first-order chi connectivity index (χ1) is 20.1. The van der Waals surface area contributed by atoms with Crippen LogP contribution in [-0.2, 0) is 30.4 Å². The van der Waals surface area contributed by atoms with Crippen molar-refractivity contribution in [2.45, 2.75) is 103 Å². The molecular weight excluding hydrogens is 530 g/mol. The average Bonchev–Trinajstić information content (AvgIpc) is 3.47. The van der Waals surface area contributed by atoms with E-state index in [-0.39, 0.29) is 36.4 Å². The lowest BCUT2D eigenvalue weighted by Crippen LogP contribution is -2.38. The molecule has 2 aliphatic rings. The van der Waals surface area contributed by atoms with E-state index >= 15 is 0 Å². The number of unbranched alkanes of at least 4 members (excludes halogenated alkanes) is 1. The van der Waals surface area contributed by atoms with E-state index in [0.29, 0.717) is 24.8 Å². The molecule has 1 aliphatic heterocycles. The molecule has 4 rings (SSSR count). The molecule has 1 fully saturated rings. The number of benzene rings is 2. The Balaban J connectivity index is 1.35. The van der Waals surface area contributed by atoms with Gasteiger partial charge in [0, 0.05) is 18.0 Å². The van der Waals surface area contributed by atoms with Gasteiger partial charge in [-0.25, -0.2) is 5.01 Å². The van der Waals surface area contributed by atoms with Gasteiger partial charge in [0.2, 0.25) is 11.8 Å². The summed E-state index contributed by atoms with van der Waals surface area (Å²) < 4.78 is 10.9. The summed E-state index contributed by atoms with van der Waals surface area (Å²) >= 11 is 0. The summed E-state index contributed by atoms with van der Waals surface area (Å²) in [6.45, 7) is 7.94. The zero-order valence-electron chi connectivity index (χ0n) is 25.4. The standard InChI is InChI=1S/C34H45N3O5/c1-24(12-8-11-17-30(39)42-34(2,3)4)35-32(40)31(26-13-9-10-14-26)27-20-18-25(19-21-27)22-37-29(38)23-41-33(36-37)28-15-6-5-7-16-28/h5-7,15-16,18-21,24,26,31H,8-14,17,22-23H2,1-4H3,(H,35,40). The number of rotatable bonds is 12. The summed E-state index contributed by atoms with van der Waals surface area (Å²) in [6.07, 6.45) is 7.17. The van der Waals surface area contributed by atoms with E-state index in [0.717, 1.165) is 61.6 Å². The molecule has 2 unspecified atom stereocenters. The van der Waals surface area contributed by atoms with Gasteiger partial charge in [0.25, 0.3) is 5.91 Å². The third-order valence-corrected chi connectivity index (χ3v) is 7.75. The summed E-state index contributed by atoms with van der Waals surface area (Å²) in [7, 11) is 0. The maximum absolute atomic E-state index is 13.6. The average molecular weight is 576 g/mol. The fourth-order valence-electron chi connectivity index (χ4n) is 5.69. The lowest BCUT2D eigenvalue weighted by Gasteiger charge is -2.26. The molecule has 0 aromatic heterocycles. The number of hydrazone groups is 1. The first kappa shape index (κ1) is 31.3. The number of ether oxygens (including phenoxy) is 2. The van der Waals surface area contributed by atoms with Crippen LogP contribution in [0.4, 0.5) is 0 Å². The molecule has 2 aromatic carbocycles. The molecule has 1 saturated carbocycles. The van der Waals surface area contributed by atoms with Gasteiger partial charge in [-0.15, -0.1) is 5.10 Å². The summed E-state index contributed by atoms with van der Waals surface area (Å²) in [6, 6.07) is 17.6. The molecular formula is C34H45N3O5. The van der Waals surface area contributed by atoms with Crippen LogP contribution in [-0.4, -0.2) is 46.9 Å². The molecule has 8 nitrogen and oxygen atoms in total. The number of hydrogen-bond donors (Lipinski definition) is 1. The second kappa shape index (κ2) is 14.5. The maximum Gasteiger partial charge on any atom is 0.306 e. The quantitative estimate of drug-likeness (QED) is 0.244. The van der Waals surface area contributed by atoms with E-state index in [4.69, 9.17) is 9.47 Å². The molecule has 2 aromatic rings. The molecule has 226 valence electrons. The summed E-state index contributed by atoms with van der Waals surface area (Å²) in [5, 5.41) is 9.15. The molecule has 42 heavy (non-hydrogen) atoms. The highest BCUT2D eigenvalue weighted by molar-refractivity contribution is 5.97. The van der Waals surface area contributed by atoms with Crippen LogP contribution in [0.1, 0.15) is 102 Å². The summed E-state index contributed by atoms with van der Waals surface area (Å²) in [5.74, 6) is 0.235. The van der Waals surface area contributed by atoms with Gasteiger partial charge in [-0.05, 0) is 82.6 Å². The minimum atomic E-state index is -0.467. The van der Waals surface area contributed by atoms with Crippen molar-refractivity contribution in [1.82, 2.24) is 10.3 Å². The Morgan fingerprint density at radius 2 is 1.74 bits per heavy atom. The van der Waals surface area contributed by atoms with Gasteiger partial charge < -0.3 is 14.8 Å². The second-order valence-corrected chi connectivity index (χ2v) is 12.5. The van der Waals surface area contributed by atoms with Gasteiger partial charge in [0.15, 0.2) is 6.61 Å². The number of carbonyl (C=O) groups is 3. The predicted octanol–water partition coefficient (Wildman–Crippen LogP) is 6.09. The number of hydrogen-bond acceptors (Lipinski definition) is 6. The molecule has 0 bridgehead atoms. The second-order valence-electron chi connectivity index (χ2n) is 12.5. The normalized spacial score (nSPS) is 17.3. The van der Waals surface area contributed by atoms with Crippen LogP contribution in [0.25, 0.3) is 0 Å². The van der Waals surface area contributed by atoms with Crippen molar-refractivity contribution >= 4 is 23.7 Å². The lowest BCUT2D eigenvalue weighted by molar-refractivity contribution is -0.155. The van der Waals surface area contributed by atoms with Gasteiger partial charge in [0.05, 0.1) is 12.5 Å². The van der Waals surface area contributed by atoms with Crippen LogP contribution < -0.4 is 5.32 Å². The van der Waals surface area contributed by atoms with Crippen LogP contribution in [0.15, 0.2) is 59.7 Å². The summed E-state index contributed by atoms with van der Waals surface area (Å²) in [5.41, 5.74) is 2.30. The van der Waals surface area contributed by atoms with Gasteiger partial charge in [-0.3, -0.25) is 14.4 Å². The van der Waals surface area contributed by atoms with Crippen molar-refractivity contribution < 1.29 is 23.9 Å². The van der Waals surface area contributed by atoms with E-state index in [2.05, 4.69) is 10.4 Å². The SMILES string of the molecule is CC(CCCCC(=O)OC(C)(C)C)NC(=O)C(c1ccc(CN2N=C(c3ccccc3)OCC2=O)cc1)C1CCCC1. The Morgan fingerprint density at radius 3 is 2.40 bits per heavy atom. The Morgan fingerprint density at radius 1 is 1.05 bits per heavy atom. The predicted molar refractivity (Wildman–Crippen MR) is 163 cm³/mol. The highest BCUT2D eigenvalue weighted by Gasteiger charge is 2.32. The molecule has 1 heterocycles. The zero-order valence-corrected chi connectivity index (χ0v) is 25.4. The number of nitrogens with zero attached hydrogens (tertiary/aromatic N) is 2. The summed E-state index contributed by atoms with van der Waals surface area (Å²) in [4.78, 5) is 38.1. The van der Waals surface area contributed by atoms with Crippen molar-refractivity contribution in [1.29, 1.82) is 0 Å². The Hall–Kier alpha value is -3.68. The molecule has 0 saturated heterocycles. The van der Waals surface area contributed by atoms with Gasteiger partial charge in [-0.1, -0.05) is 61.7 Å². The Bertz CT molecular complexity index is 1230. The maximum atomic E-state index is 13.6. The van der Waals surface area contributed by atoms with Crippen LogP contribution in [0.3, 0.4) is 0 Å². The molecule has 0 radical (unpaired) electrons. The van der Waals surface area contributed by atoms with E-state index in [1.807, 2.05) is 82.3 Å². The molecule has 1 aliphatic carbocycles. The molecule has 0 spiro atoms. The number of carbonyl (C=O) groups excluding carboxylic acids is 3. The number of amides is 2. The molecule has 2 atom stereocenters. The van der Waals surface area contributed by atoms with Crippen molar-refractivity contribution in [3.8, 4) is 0 Å². The smallest absolute Gasteiger partial charge is 0.306 e. The van der Waals surface area contributed by atoms with Crippen molar-refractivity contribution in [2.24, 2.45) is 11.0 Å². The first-order valence-electron chi connectivity index (χ1n) is 15.3. The fourth-order valence-corrected chi connectivity index (χ4v) is 5.69. The van der Waals surface area contributed by atoms with Crippen LogP contribution in [0.2, 0.25) is 0 Å². The minimum absolute atomic E-state index is 0.0170. The van der Waals surface area contributed by atoms with E-state index < -0.39 is 5.60 Å². The third-order valence-electron chi connectivity index (χ3n) is 7.75. The van der Waals surface area contributed by atoms with Crippen molar-refractivity contribution in [2.75, 3.05) is 6.61 Å². The minimum Gasteiger partial charge on any atom is -0.466 e. The zero-order chi connectivity index (χ0) is 30.1. The third kappa shape index (κ3) is 9.16. The fraction of sp³-hybridized carbons (Fsp3) is 0.529. The van der Waals surface area contributed by atoms with Crippen molar-refractivity contribution in [3.63, 3.8) is 0 Å². The van der Waals surface area contributed by atoms with E-state index in [1.54, 1.807) is 0 Å². The molecule has 2 amide bonds. The van der Waals surface area contributed by atoms with E-state index in [1.165, 1.54) is 5.01 Å². The molecule has 8 heteroatoms. The van der Waals surface area contributed by atoms with E-state index in [9.17, 15) is 14.4 Å². The van der Waals surface area contributed by atoms with Crippen molar-refractivity contribution in [3.05, 3.63) is 71.3 Å². The molecule has 1 N–H and O–H groups in total. The van der Waals surface area contributed by atoms with Gasteiger partial charge in [-0.2, -0.15) is 0 Å². The first-order valence-corrected chi connectivity index (χ1v) is 15.3. The van der Waals surface area contributed by atoms with Crippen LogP contribution in [0.5, 0.6) is 0 Å². The topological polar surface area (TPSA) is 97.3 Å². The monoisotopic (exact) mass is 575 g/mol. The largest absolute Gasteiger partial charge is 0.466 e. The van der Waals surface area contributed by atoms with Crippen LogP contribution >= 0.6 is 0 Å². The highest BCUT2D eigenvalue weighted by Crippen LogP contribution is 2.38. The van der Waals surface area contributed by atoms with Gasteiger partial charge >= 0.3 is 5.97 Å².